The van der Waals surface area contributed by atoms with E-state index in [-0.39, 0.29) is 10.8 Å². The third-order valence-electron chi connectivity index (χ3n) is 7.12. The molecule has 1 heterocycles. The Morgan fingerprint density at radius 1 is 0.927 bits per heavy atom. The van der Waals surface area contributed by atoms with Crippen molar-refractivity contribution in [2.45, 2.75) is 63.4 Å². The first-order chi connectivity index (χ1) is 19.4. The highest BCUT2D eigenvalue weighted by Crippen LogP contribution is 2.37. The van der Waals surface area contributed by atoms with E-state index in [2.05, 4.69) is 35.5 Å². The number of aromatic amines is 1. The first-order valence-electron chi connectivity index (χ1n) is 13.9. The van der Waals surface area contributed by atoms with Gasteiger partial charge in [0.25, 0.3) is 0 Å². The molecule has 2 N–H and O–H groups in total. The van der Waals surface area contributed by atoms with Crippen LogP contribution in [0.2, 0.25) is 5.04 Å². The summed E-state index contributed by atoms with van der Waals surface area (Å²) in [6.45, 7) is 10.2. The first-order valence-corrected chi connectivity index (χ1v) is 17.2. The van der Waals surface area contributed by atoms with E-state index in [1.807, 2.05) is 74.5 Å². The minimum absolute atomic E-state index is 0.0464. The summed E-state index contributed by atoms with van der Waals surface area (Å²) in [6, 6.07) is 25.3. The van der Waals surface area contributed by atoms with Crippen LogP contribution in [0, 0.1) is 5.92 Å². The van der Waals surface area contributed by atoms with Crippen LogP contribution in [0.4, 0.5) is 0 Å². The van der Waals surface area contributed by atoms with Crippen LogP contribution in [0.15, 0.2) is 102 Å². The van der Waals surface area contributed by atoms with Crippen LogP contribution in [0.25, 0.3) is 0 Å². The van der Waals surface area contributed by atoms with Gasteiger partial charge in [-0.3, -0.25) is 4.79 Å². The SMILES string of the molecule is CC(C)C[C@H](NS(=O)(=O)c1ccc(Cc2ncc[nH]2)cc1)C(=O)O[Si](c1ccccc1)(c1ccccc1)C(C)(C)C. The number of hydrogen-bond donors (Lipinski definition) is 2. The molecule has 0 aliphatic carbocycles. The van der Waals surface area contributed by atoms with Gasteiger partial charge in [0.2, 0.25) is 10.0 Å². The molecule has 0 spiro atoms. The zero-order chi connectivity index (χ0) is 29.7. The second-order valence-corrected chi connectivity index (χ2v) is 17.7. The van der Waals surface area contributed by atoms with Gasteiger partial charge in [-0.15, -0.1) is 0 Å². The van der Waals surface area contributed by atoms with E-state index in [9.17, 15) is 13.2 Å². The molecule has 41 heavy (non-hydrogen) atoms. The molecule has 0 aliphatic heterocycles. The van der Waals surface area contributed by atoms with E-state index in [0.29, 0.717) is 12.8 Å². The van der Waals surface area contributed by atoms with E-state index in [0.717, 1.165) is 21.8 Å². The lowest BCUT2D eigenvalue weighted by Gasteiger charge is -2.42. The number of carbonyl (C=O) groups excluding carboxylic acids is 1. The molecule has 216 valence electrons. The van der Waals surface area contributed by atoms with Crippen molar-refractivity contribution in [1.29, 1.82) is 0 Å². The number of hydrogen-bond acceptors (Lipinski definition) is 5. The predicted molar refractivity (Wildman–Crippen MR) is 165 cm³/mol. The average Bonchev–Trinajstić information content (AvgIpc) is 3.44. The van der Waals surface area contributed by atoms with Gasteiger partial charge in [-0.1, -0.05) is 107 Å². The van der Waals surface area contributed by atoms with Gasteiger partial charge in [0.05, 0.1) is 4.90 Å². The van der Waals surface area contributed by atoms with Crippen molar-refractivity contribution in [3.05, 3.63) is 109 Å². The molecule has 0 fully saturated rings. The lowest BCUT2D eigenvalue weighted by atomic mass is 10.1. The highest BCUT2D eigenvalue weighted by atomic mass is 32.2. The van der Waals surface area contributed by atoms with Gasteiger partial charge in [0.1, 0.15) is 11.9 Å². The second-order valence-electron chi connectivity index (χ2n) is 11.7. The van der Waals surface area contributed by atoms with E-state index < -0.39 is 35.4 Å². The van der Waals surface area contributed by atoms with Crippen LogP contribution in [0.1, 0.15) is 52.4 Å². The maximum absolute atomic E-state index is 14.1. The van der Waals surface area contributed by atoms with E-state index >= 15 is 0 Å². The summed E-state index contributed by atoms with van der Waals surface area (Å²) >= 11 is 0. The van der Waals surface area contributed by atoms with Crippen molar-refractivity contribution in [1.82, 2.24) is 14.7 Å². The highest BCUT2D eigenvalue weighted by Gasteiger charge is 2.53. The standard InChI is InChI=1S/C32H39N3O4SSi/c1-24(2)22-29(35-40(37,38)26-18-16-25(17-19-26)23-30-33-20-21-34-30)31(36)39-41(32(3,4)5,27-12-8-6-9-13-27)28-14-10-7-11-15-28/h6-21,24,29,35H,22-23H2,1-5H3,(H,33,34)/t29-/m0/s1. The number of benzene rings is 3. The number of H-pyrrole nitrogens is 1. The number of sulfonamides is 1. The van der Waals surface area contributed by atoms with Crippen LogP contribution in [-0.2, 0) is 25.7 Å². The minimum atomic E-state index is -4.01. The van der Waals surface area contributed by atoms with Gasteiger partial charge in [-0.25, -0.2) is 13.4 Å². The van der Waals surface area contributed by atoms with Gasteiger partial charge in [-0.2, -0.15) is 4.72 Å². The number of nitrogens with zero attached hydrogens (tertiary/aromatic N) is 1. The summed E-state index contributed by atoms with van der Waals surface area (Å²) < 4.78 is 36.4. The minimum Gasteiger partial charge on any atom is -0.508 e. The second kappa shape index (κ2) is 12.5. The third kappa shape index (κ3) is 7.04. The maximum atomic E-state index is 14.1. The molecule has 4 aromatic rings. The van der Waals surface area contributed by atoms with Crippen LogP contribution >= 0.6 is 0 Å². The van der Waals surface area contributed by atoms with Crippen LogP contribution in [-0.4, -0.2) is 38.7 Å². The molecular weight excluding hydrogens is 551 g/mol. The van der Waals surface area contributed by atoms with Gasteiger partial charge in [0, 0.05) is 18.8 Å². The number of aromatic nitrogens is 2. The number of nitrogens with one attached hydrogen (secondary N) is 2. The predicted octanol–water partition coefficient (Wildman–Crippen LogP) is 4.80. The summed E-state index contributed by atoms with van der Waals surface area (Å²) in [5, 5.41) is 1.46. The molecule has 9 heteroatoms. The van der Waals surface area contributed by atoms with Gasteiger partial charge in [0.15, 0.2) is 0 Å². The molecule has 0 amide bonds. The Morgan fingerprint density at radius 3 is 1.95 bits per heavy atom. The summed E-state index contributed by atoms with van der Waals surface area (Å²) in [5.74, 6) is 0.276. The van der Waals surface area contributed by atoms with Crippen LogP contribution in [0.5, 0.6) is 0 Å². The molecule has 0 radical (unpaired) electrons. The lowest BCUT2D eigenvalue weighted by Crippen LogP contribution is -2.68. The van der Waals surface area contributed by atoms with E-state index in [1.165, 1.54) is 0 Å². The van der Waals surface area contributed by atoms with Crippen LogP contribution in [0.3, 0.4) is 0 Å². The lowest BCUT2D eigenvalue weighted by molar-refractivity contribution is -0.137. The molecule has 3 aromatic carbocycles. The van der Waals surface area contributed by atoms with Gasteiger partial charge < -0.3 is 9.41 Å². The summed E-state index contributed by atoms with van der Waals surface area (Å²) in [4.78, 5) is 21.5. The maximum Gasteiger partial charge on any atom is 0.323 e. The van der Waals surface area contributed by atoms with Crippen LogP contribution < -0.4 is 15.1 Å². The summed E-state index contributed by atoms with van der Waals surface area (Å²) in [7, 11) is -7.22. The first kappa shape index (κ1) is 30.4. The fourth-order valence-corrected chi connectivity index (χ4v) is 10.7. The number of imidazole rings is 1. The molecule has 0 unspecified atom stereocenters. The Kier molecular flexibility index (Phi) is 9.31. The van der Waals surface area contributed by atoms with Crippen molar-refractivity contribution in [3.8, 4) is 0 Å². The molecule has 0 saturated heterocycles. The van der Waals surface area contributed by atoms with Crippen molar-refractivity contribution < 1.29 is 17.6 Å². The monoisotopic (exact) mass is 589 g/mol. The Labute approximate surface area is 244 Å². The topological polar surface area (TPSA) is 101 Å². The molecule has 7 nitrogen and oxygen atoms in total. The van der Waals surface area contributed by atoms with Crippen molar-refractivity contribution in [3.63, 3.8) is 0 Å². The van der Waals surface area contributed by atoms with Gasteiger partial charge in [-0.05, 0) is 45.4 Å². The highest BCUT2D eigenvalue weighted by molar-refractivity contribution is 7.89. The van der Waals surface area contributed by atoms with Crippen molar-refractivity contribution >= 4 is 34.7 Å². The molecule has 1 atom stereocenters. The molecule has 0 bridgehead atoms. The Bertz CT molecular complexity index is 1480. The fraction of sp³-hybridized carbons (Fsp3) is 0.312. The quantitative estimate of drug-likeness (QED) is 0.245. The third-order valence-corrected chi connectivity index (χ3v) is 13.5. The largest absolute Gasteiger partial charge is 0.508 e. The van der Waals surface area contributed by atoms with Gasteiger partial charge >= 0.3 is 14.3 Å². The zero-order valence-electron chi connectivity index (χ0n) is 24.3. The average molecular weight is 590 g/mol. The molecule has 0 saturated carbocycles. The normalized spacial score (nSPS) is 13.2. The molecule has 4 rings (SSSR count). The fourth-order valence-electron chi connectivity index (χ4n) is 5.17. The molecular formula is C32H39N3O4SSi. The molecule has 0 aliphatic rings. The smallest absolute Gasteiger partial charge is 0.323 e. The zero-order valence-corrected chi connectivity index (χ0v) is 26.1. The van der Waals surface area contributed by atoms with E-state index in [1.54, 1.807) is 36.7 Å². The Hall–Kier alpha value is -3.53. The summed E-state index contributed by atoms with van der Waals surface area (Å²) in [5.41, 5.74) is 0.920. The summed E-state index contributed by atoms with van der Waals surface area (Å²) in [6.07, 6.45) is 4.28. The Balaban J connectivity index is 1.67. The number of carbonyl (C=O) groups is 1. The number of rotatable bonds is 11. The molecule has 1 aromatic heterocycles. The van der Waals surface area contributed by atoms with E-state index in [4.69, 9.17) is 4.43 Å². The van der Waals surface area contributed by atoms with Crippen molar-refractivity contribution in [2.75, 3.05) is 0 Å². The van der Waals surface area contributed by atoms with Crippen molar-refractivity contribution in [2.24, 2.45) is 5.92 Å². The Morgan fingerprint density at radius 2 is 1.49 bits per heavy atom.